The van der Waals surface area contributed by atoms with Crippen molar-refractivity contribution in [2.75, 3.05) is 12.3 Å². The third kappa shape index (κ3) is 3.49. The van der Waals surface area contributed by atoms with Gasteiger partial charge in [-0.3, -0.25) is 14.9 Å². The summed E-state index contributed by atoms with van der Waals surface area (Å²) in [6.45, 7) is 0.133. The van der Waals surface area contributed by atoms with Crippen LogP contribution >= 0.6 is 0 Å². The Balaban J connectivity index is 2.07. The number of nitrogens with two attached hydrogens (primary N) is 1. The Morgan fingerprint density at radius 3 is 2.67 bits per heavy atom. The van der Waals surface area contributed by atoms with Crippen molar-refractivity contribution < 1.29 is 14.8 Å². The molecule has 1 amide bonds. The summed E-state index contributed by atoms with van der Waals surface area (Å²) in [5.41, 5.74) is 4.39. The molecule has 4 N–H and O–H groups in total. The van der Waals surface area contributed by atoms with Crippen LogP contribution in [0.2, 0.25) is 0 Å². The number of anilines is 1. The van der Waals surface area contributed by atoms with E-state index in [1.54, 1.807) is 0 Å². The Morgan fingerprint density at radius 2 is 2.05 bits per heavy atom. The summed E-state index contributed by atoms with van der Waals surface area (Å²) in [5.74, 6) is -0.504. The zero-order chi connectivity index (χ0) is 15.5. The maximum absolute atomic E-state index is 12.1. The highest BCUT2D eigenvalue weighted by atomic mass is 16.6. The first-order chi connectivity index (χ1) is 9.93. The van der Waals surface area contributed by atoms with Crippen molar-refractivity contribution >= 4 is 17.3 Å². The second-order valence-electron chi connectivity index (χ2n) is 5.46. The van der Waals surface area contributed by atoms with Crippen LogP contribution in [0.25, 0.3) is 0 Å². The Bertz CT molecular complexity index is 553. The zero-order valence-electron chi connectivity index (χ0n) is 11.7. The first kappa shape index (κ1) is 15.2. The fourth-order valence-electron chi connectivity index (χ4n) is 2.64. The molecule has 1 aliphatic carbocycles. The largest absolute Gasteiger partial charge is 0.393 e. The van der Waals surface area contributed by atoms with Crippen LogP contribution in [0.4, 0.5) is 11.4 Å². The number of nitro groups is 1. The number of benzene rings is 1. The predicted octanol–water partition coefficient (Wildman–Crippen LogP) is 1.60. The van der Waals surface area contributed by atoms with Crippen LogP contribution in [0.3, 0.4) is 0 Å². The molecule has 1 aromatic rings. The number of aliphatic hydroxyl groups is 1. The van der Waals surface area contributed by atoms with Crippen LogP contribution in [-0.4, -0.2) is 28.1 Å². The van der Waals surface area contributed by atoms with Gasteiger partial charge in [0.25, 0.3) is 11.6 Å². The summed E-state index contributed by atoms with van der Waals surface area (Å²) in [7, 11) is 0. The van der Waals surface area contributed by atoms with Crippen LogP contribution in [0, 0.1) is 10.1 Å². The summed E-state index contributed by atoms with van der Waals surface area (Å²) in [6.07, 6.45) is 4.26. The van der Waals surface area contributed by atoms with Gasteiger partial charge in [-0.2, -0.15) is 0 Å². The molecule has 0 bridgehead atoms. The minimum absolute atomic E-state index is 0.0589. The fourth-order valence-corrected chi connectivity index (χ4v) is 2.64. The number of nitrogens with zero attached hydrogens (tertiary/aromatic N) is 1. The van der Waals surface area contributed by atoms with E-state index in [-0.39, 0.29) is 23.5 Å². The molecule has 21 heavy (non-hydrogen) atoms. The fraction of sp³-hybridized carbons (Fsp3) is 0.500. The third-order valence-corrected chi connectivity index (χ3v) is 3.89. The molecule has 7 heteroatoms. The van der Waals surface area contributed by atoms with Crippen molar-refractivity contribution in [2.24, 2.45) is 0 Å². The molecule has 0 spiro atoms. The first-order valence-corrected chi connectivity index (χ1v) is 6.96. The molecule has 2 rings (SSSR count). The van der Waals surface area contributed by atoms with Crippen molar-refractivity contribution in [1.82, 2.24) is 5.32 Å². The SMILES string of the molecule is Nc1c(C(=O)NCC2(O)CCCCC2)cccc1[N+](=O)[O-]. The summed E-state index contributed by atoms with van der Waals surface area (Å²) < 4.78 is 0. The van der Waals surface area contributed by atoms with E-state index in [0.29, 0.717) is 12.8 Å². The number of para-hydroxylation sites is 1. The molecule has 0 saturated heterocycles. The molecule has 0 heterocycles. The number of carbonyl (C=O) groups excluding carboxylic acids is 1. The predicted molar refractivity (Wildman–Crippen MR) is 77.9 cm³/mol. The lowest BCUT2D eigenvalue weighted by atomic mass is 9.85. The van der Waals surface area contributed by atoms with Gasteiger partial charge in [0.15, 0.2) is 0 Å². The molecular weight excluding hydrogens is 274 g/mol. The van der Waals surface area contributed by atoms with Crippen LogP contribution in [0.1, 0.15) is 42.5 Å². The van der Waals surface area contributed by atoms with Gasteiger partial charge in [-0.25, -0.2) is 0 Å². The summed E-state index contributed by atoms with van der Waals surface area (Å²) in [6, 6.07) is 4.10. The van der Waals surface area contributed by atoms with E-state index in [2.05, 4.69) is 5.32 Å². The molecule has 0 aliphatic heterocycles. The lowest BCUT2D eigenvalue weighted by molar-refractivity contribution is -0.383. The van der Waals surface area contributed by atoms with Gasteiger partial charge in [0.2, 0.25) is 0 Å². The average Bonchev–Trinajstić information content (AvgIpc) is 2.45. The Labute approximate surface area is 122 Å². The molecule has 0 atom stereocenters. The van der Waals surface area contributed by atoms with E-state index in [1.807, 2.05) is 0 Å². The minimum atomic E-state index is -0.886. The molecule has 0 unspecified atom stereocenters. The second kappa shape index (κ2) is 6.09. The van der Waals surface area contributed by atoms with E-state index in [4.69, 9.17) is 5.73 Å². The number of rotatable bonds is 4. The van der Waals surface area contributed by atoms with Gasteiger partial charge in [0.05, 0.1) is 16.1 Å². The number of nitrogen functional groups attached to an aromatic ring is 1. The lowest BCUT2D eigenvalue weighted by Crippen LogP contribution is -2.44. The number of nitro benzene ring substituents is 1. The number of carbonyl (C=O) groups is 1. The molecule has 1 aromatic carbocycles. The minimum Gasteiger partial charge on any atom is -0.393 e. The maximum Gasteiger partial charge on any atom is 0.292 e. The van der Waals surface area contributed by atoms with Crippen molar-refractivity contribution in [3.05, 3.63) is 33.9 Å². The van der Waals surface area contributed by atoms with E-state index in [0.717, 1.165) is 19.3 Å². The van der Waals surface area contributed by atoms with Gasteiger partial charge in [-0.15, -0.1) is 0 Å². The molecule has 1 aliphatic rings. The molecule has 0 aromatic heterocycles. The normalized spacial score (nSPS) is 17.2. The molecule has 7 nitrogen and oxygen atoms in total. The van der Waals surface area contributed by atoms with E-state index >= 15 is 0 Å². The van der Waals surface area contributed by atoms with Crippen LogP contribution in [0.5, 0.6) is 0 Å². The summed E-state index contributed by atoms with van der Waals surface area (Å²) in [5, 5.41) is 23.8. The summed E-state index contributed by atoms with van der Waals surface area (Å²) in [4.78, 5) is 22.3. The van der Waals surface area contributed by atoms with E-state index < -0.39 is 16.4 Å². The van der Waals surface area contributed by atoms with Gasteiger partial charge < -0.3 is 16.2 Å². The van der Waals surface area contributed by atoms with E-state index in [1.165, 1.54) is 18.2 Å². The van der Waals surface area contributed by atoms with Gasteiger partial charge in [0, 0.05) is 12.6 Å². The topological polar surface area (TPSA) is 118 Å². The highest BCUT2D eigenvalue weighted by Gasteiger charge is 2.30. The van der Waals surface area contributed by atoms with Gasteiger partial charge in [0.1, 0.15) is 5.69 Å². The van der Waals surface area contributed by atoms with Gasteiger partial charge in [-0.1, -0.05) is 25.3 Å². The standard InChI is InChI=1S/C14H19N3O4/c15-12-10(5-4-6-11(12)17(20)21)13(18)16-9-14(19)7-2-1-3-8-14/h4-6,19H,1-3,7-9,15H2,(H,16,18). The molecule has 1 fully saturated rings. The number of nitrogens with one attached hydrogen (secondary N) is 1. The average molecular weight is 293 g/mol. The number of hydrogen-bond donors (Lipinski definition) is 3. The van der Waals surface area contributed by atoms with E-state index in [9.17, 15) is 20.0 Å². The Morgan fingerprint density at radius 1 is 1.38 bits per heavy atom. The molecule has 0 radical (unpaired) electrons. The maximum atomic E-state index is 12.1. The van der Waals surface area contributed by atoms with Crippen molar-refractivity contribution in [3.63, 3.8) is 0 Å². The number of amides is 1. The lowest BCUT2D eigenvalue weighted by Gasteiger charge is -2.32. The first-order valence-electron chi connectivity index (χ1n) is 6.96. The van der Waals surface area contributed by atoms with Crippen LogP contribution in [0.15, 0.2) is 18.2 Å². The molecule has 114 valence electrons. The van der Waals surface area contributed by atoms with Gasteiger partial charge in [-0.05, 0) is 18.9 Å². The van der Waals surface area contributed by atoms with Crippen molar-refractivity contribution in [2.45, 2.75) is 37.7 Å². The monoisotopic (exact) mass is 293 g/mol. The summed E-state index contributed by atoms with van der Waals surface area (Å²) >= 11 is 0. The highest BCUT2D eigenvalue weighted by molar-refractivity contribution is 6.01. The Hall–Kier alpha value is -2.15. The zero-order valence-corrected chi connectivity index (χ0v) is 11.7. The quantitative estimate of drug-likeness (QED) is 0.442. The molecule has 1 saturated carbocycles. The van der Waals surface area contributed by atoms with Crippen LogP contribution < -0.4 is 11.1 Å². The molecular formula is C14H19N3O4. The van der Waals surface area contributed by atoms with Crippen molar-refractivity contribution in [1.29, 1.82) is 0 Å². The highest BCUT2D eigenvalue weighted by Crippen LogP contribution is 2.28. The third-order valence-electron chi connectivity index (χ3n) is 3.89. The number of hydrogen-bond acceptors (Lipinski definition) is 5. The van der Waals surface area contributed by atoms with Crippen LogP contribution in [-0.2, 0) is 0 Å². The Kier molecular flexibility index (Phi) is 4.42. The van der Waals surface area contributed by atoms with Crippen molar-refractivity contribution in [3.8, 4) is 0 Å². The smallest absolute Gasteiger partial charge is 0.292 e. The van der Waals surface area contributed by atoms with Gasteiger partial charge >= 0.3 is 0 Å². The second-order valence-corrected chi connectivity index (χ2v) is 5.46.